The second kappa shape index (κ2) is 6.82. The summed E-state index contributed by atoms with van der Waals surface area (Å²) in [6.07, 6.45) is 4.61. The fraction of sp³-hybridized carbons (Fsp3) is 0.556. The monoisotopic (exact) mass is 341 g/mol. The van der Waals surface area contributed by atoms with E-state index in [2.05, 4.69) is 27.7 Å². The highest BCUT2D eigenvalue weighted by Crippen LogP contribution is 2.28. The number of hydrogen-bond acceptors (Lipinski definition) is 5. The first-order chi connectivity index (χ1) is 12.3. The Morgan fingerprint density at radius 2 is 2.00 bits per heavy atom. The van der Waals surface area contributed by atoms with Crippen molar-refractivity contribution in [1.29, 1.82) is 0 Å². The molecule has 3 heterocycles. The van der Waals surface area contributed by atoms with Crippen LogP contribution >= 0.6 is 0 Å². The van der Waals surface area contributed by atoms with Gasteiger partial charge in [0.1, 0.15) is 5.75 Å². The summed E-state index contributed by atoms with van der Waals surface area (Å²) in [5.74, 6) is 1.55. The van der Waals surface area contributed by atoms with E-state index >= 15 is 0 Å². The molecule has 1 aromatic carbocycles. The first kappa shape index (κ1) is 16.1. The molecule has 7 heteroatoms. The Morgan fingerprint density at radius 1 is 1.16 bits per heavy atom. The van der Waals surface area contributed by atoms with Crippen LogP contribution in [0.25, 0.3) is 0 Å². The molecular formula is C18H23N5O2. The first-order valence-corrected chi connectivity index (χ1v) is 8.97. The van der Waals surface area contributed by atoms with Crippen LogP contribution in [0, 0.1) is 0 Å². The topological polar surface area (TPSA) is 73.1 Å². The zero-order valence-electron chi connectivity index (χ0n) is 14.5. The molecule has 0 bridgehead atoms. The highest BCUT2D eigenvalue weighted by molar-refractivity contribution is 5.83. The van der Waals surface area contributed by atoms with Gasteiger partial charge in [0.25, 0.3) is 0 Å². The summed E-state index contributed by atoms with van der Waals surface area (Å²) >= 11 is 0. The lowest BCUT2D eigenvalue weighted by atomic mass is 10.0. The summed E-state index contributed by atoms with van der Waals surface area (Å²) in [5, 5.41) is 11.9. The Morgan fingerprint density at radius 3 is 2.84 bits per heavy atom. The number of rotatable bonds is 2. The van der Waals surface area contributed by atoms with Crippen LogP contribution < -0.4 is 4.74 Å². The predicted molar refractivity (Wildman–Crippen MR) is 91.4 cm³/mol. The van der Waals surface area contributed by atoms with Gasteiger partial charge in [-0.05, 0) is 59.4 Å². The maximum Gasteiger partial charge on any atom is 0.233 e. The number of methoxy groups -OCH3 is 1. The van der Waals surface area contributed by atoms with Crippen molar-refractivity contribution in [2.75, 3.05) is 20.2 Å². The number of aromatic nitrogens is 4. The molecular weight excluding hydrogens is 318 g/mol. The minimum absolute atomic E-state index is 0.165. The number of aryl methyl sites for hydroxylation is 1. The molecule has 0 aliphatic carbocycles. The first-order valence-electron chi connectivity index (χ1n) is 8.97. The minimum atomic E-state index is -0.215. The molecule has 4 rings (SSSR count). The zero-order valence-corrected chi connectivity index (χ0v) is 14.5. The van der Waals surface area contributed by atoms with E-state index in [9.17, 15) is 4.79 Å². The van der Waals surface area contributed by atoms with Crippen LogP contribution in [-0.2, 0) is 24.2 Å². The highest BCUT2D eigenvalue weighted by atomic mass is 16.5. The normalized spacial score (nSPS) is 20.2. The summed E-state index contributed by atoms with van der Waals surface area (Å²) in [6, 6.07) is 6.21. The molecule has 132 valence electrons. The number of hydrogen-bond donors (Lipinski definition) is 0. The van der Waals surface area contributed by atoms with Gasteiger partial charge >= 0.3 is 0 Å². The van der Waals surface area contributed by atoms with Crippen molar-refractivity contribution in [3.63, 3.8) is 0 Å². The number of benzene rings is 1. The minimum Gasteiger partial charge on any atom is -0.497 e. The Labute approximate surface area is 147 Å². The molecule has 0 saturated carbocycles. The van der Waals surface area contributed by atoms with Gasteiger partial charge in [0.15, 0.2) is 5.82 Å². The van der Waals surface area contributed by atoms with E-state index in [-0.39, 0.29) is 11.8 Å². The lowest BCUT2D eigenvalue weighted by Crippen LogP contribution is -2.37. The van der Waals surface area contributed by atoms with Gasteiger partial charge in [-0.25, -0.2) is 4.68 Å². The molecule has 2 aliphatic heterocycles. The Kier molecular flexibility index (Phi) is 4.38. The van der Waals surface area contributed by atoms with E-state index in [0.29, 0.717) is 0 Å². The molecule has 0 saturated heterocycles. The third-order valence-corrected chi connectivity index (χ3v) is 5.31. The van der Waals surface area contributed by atoms with E-state index in [0.717, 1.165) is 63.3 Å². The molecule has 0 N–H and O–H groups in total. The fourth-order valence-corrected chi connectivity index (χ4v) is 3.86. The second-order valence-corrected chi connectivity index (χ2v) is 6.77. The Bertz CT molecular complexity index is 773. The van der Waals surface area contributed by atoms with Crippen LogP contribution in [0.2, 0.25) is 0 Å². The van der Waals surface area contributed by atoms with E-state index in [4.69, 9.17) is 4.74 Å². The third kappa shape index (κ3) is 3.10. The van der Waals surface area contributed by atoms with Crippen LogP contribution in [0.1, 0.15) is 42.1 Å². The highest BCUT2D eigenvalue weighted by Gasteiger charge is 2.32. The molecule has 25 heavy (non-hydrogen) atoms. The molecule has 1 amide bonds. The Hall–Kier alpha value is -2.44. The van der Waals surface area contributed by atoms with Gasteiger partial charge in [0, 0.05) is 19.6 Å². The van der Waals surface area contributed by atoms with Crippen molar-refractivity contribution in [3.05, 3.63) is 35.2 Å². The molecule has 0 unspecified atom stereocenters. The number of nitrogens with zero attached hydrogens (tertiary/aromatic N) is 5. The lowest BCUT2D eigenvalue weighted by Gasteiger charge is -2.24. The summed E-state index contributed by atoms with van der Waals surface area (Å²) in [7, 11) is 1.69. The van der Waals surface area contributed by atoms with Crippen molar-refractivity contribution >= 4 is 5.91 Å². The molecule has 0 spiro atoms. The largest absolute Gasteiger partial charge is 0.497 e. The van der Waals surface area contributed by atoms with Gasteiger partial charge in [-0.1, -0.05) is 12.5 Å². The second-order valence-electron chi connectivity index (χ2n) is 6.77. The van der Waals surface area contributed by atoms with Gasteiger partial charge in [-0.2, -0.15) is 0 Å². The average molecular weight is 341 g/mol. The lowest BCUT2D eigenvalue weighted by molar-refractivity contribution is -0.133. The van der Waals surface area contributed by atoms with Crippen LogP contribution in [0.4, 0.5) is 0 Å². The van der Waals surface area contributed by atoms with Crippen LogP contribution in [0.3, 0.4) is 0 Å². The van der Waals surface area contributed by atoms with Crippen molar-refractivity contribution in [1.82, 2.24) is 25.1 Å². The van der Waals surface area contributed by atoms with Crippen molar-refractivity contribution in [2.45, 2.75) is 44.6 Å². The van der Waals surface area contributed by atoms with Crippen molar-refractivity contribution < 1.29 is 9.53 Å². The summed E-state index contributed by atoms with van der Waals surface area (Å²) in [5.41, 5.74) is 2.59. The molecule has 7 nitrogen and oxygen atoms in total. The quantitative estimate of drug-likeness (QED) is 0.829. The summed E-state index contributed by atoms with van der Waals surface area (Å²) in [4.78, 5) is 15.2. The molecule has 2 aromatic rings. The van der Waals surface area contributed by atoms with Gasteiger partial charge < -0.3 is 9.64 Å². The van der Waals surface area contributed by atoms with Crippen LogP contribution in [0.5, 0.6) is 5.75 Å². The van der Waals surface area contributed by atoms with Gasteiger partial charge in [-0.15, -0.1) is 5.10 Å². The van der Waals surface area contributed by atoms with Gasteiger partial charge in [-0.3, -0.25) is 4.79 Å². The van der Waals surface area contributed by atoms with Gasteiger partial charge in [0.05, 0.1) is 13.0 Å². The summed E-state index contributed by atoms with van der Waals surface area (Å²) < 4.78 is 7.13. The molecule has 0 fully saturated rings. The van der Waals surface area contributed by atoms with E-state index in [1.165, 1.54) is 11.1 Å². The Balaban J connectivity index is 1.52. The van der Waals surface area contributed by atoms with Crippen molar-refractivity contribution in [3.8, 4) is 5.75 Å². The smallest absolute Gasteiger partial charge is 0.233 e. The van der Waals surface area contributed by atoms with E-state index < -0.39 is 0 Å². The molecule has 0 radical (unpaired) electrons. The van der Waals surface area contributed by atoms with Crippen LogP contribution in [0.15, 0.2) is 18.2 Å². The molecule has 1 aromatic heterocycles. The van der Waals surface area contributed by atoms with Crippen LogP contribution in [-0.4, -0.2) is 51.2 Å². The zero-order chi connectivity index (χ0) is 17.2. The third-order valence-electron chi connectivity index (χ3n) is 5.31. The number of tetrazole rings is 1. The van der Waals surface area contributed by atoms with Crippen molar-refractivity contribution in [2.24, 2.45) is 0 Å². The number of carbonyl (C=O) groups is 1. The number of fused-ring (bicyclic) bond motifs is 2. The van der Waals surface area contributed by atoms with Gasteiger partial charge in [0.2, 0.25) is 5.91 Å². The maximum atomic E-state index is 13.2. The molecule has 2 aliphatic rings. The average Bonchev–Trinajstić information content (AvgIpc) is 2.88. The summed E-state index contributed by atoms with van der Waals surface area (Å²) in [6.45, 7) is 2.28. The number of ether oxygens (including phenoxy) is 1. The predicted octanol–water partition coefficient (Wildman–Crippen LogP) is 1.58. The van der Waals surface area contributed by atoms with E-state index in [1.54, 1.807) is 11.8 Å². The van der Waals surface area contributed by atoms with E-state index in [1.807, 2.05) is 11.0 Å². The number of amides is 1. The standard InChI is InChI=1S/C18H23N5O2/c1-25-15-6-5-13-7-10-22(11-8-14(13)12-15)18(24)16-4-2-3-9-23-17(16)19-20-21-23/h5-6,12,16H,2-4,7-11H2,1H3/t16-/m0/s1. The SMILES string of the molecule is COc1ccc2c(c1)CCN(C(=O)[C@H]1CCCCn3nnnc31)CC2. The maximum absolute atomic E-state index is 13.2. The number of carbonyl (C=O) groups excluding carboxylic acids is 1. The fourth-order valence-electron chi connectivity index (χ4n) is 3.86. The molecule has 1 atom stereocenters.